The summed E-state index contributed by atoms with van der Waals surface area (Å²) < 4.78 is 13.4. The third-order valence-electron chi connectivity index (χ3n) is 4.45. The lowest BCUT2D eigenvalue weighted by molar-refractivity contribution is -0.113. The summed E-state index contributed by atoms with van der Waals surface area (Å²) in [4.78, 5) is 27.4. The Labute approximate surface area is 192 Å². The SMILES string of the molecule is O=C(Nc1ccc(F)cc1)c1cccc(N2C(=O)/C(=C\c3ccccc3Cl)SC2=S)c1. The van der Waals surface area contributed by atoms with Gasteiger partial charge in [-0.15, -0.1) is 0 Å². The summed E-state index contributed by atoms with van der Waals surface area (Å²) in [5.41, 5.74) is 2.00. The topological polar surface area (TPSA) is 49.4 Å². The quantitative estimate of drug-likeness (QED) is 0.369. The normalized spacial score (nSPS) is 14.9. The largest absolute Gasteiger partial charge is 0.322 e. The van der Waals surface area contributed by atoms with Gasteiger partial charge in [0.1, 0.15) is 5.82 Å². The van der Waals surface area contributed by atoms with Crippen LogP contribution in [0.5, 0.6) is 0 Å². The number of hydrogen-bond acceptors (Lipinski definition) is 4. The van der Waals surface area contributed by atoms with Gasteiger partial charge in [-0.05, 0) is 60.2 Å². The number of thiocarbonyl (C=S) groups is 1. The molecule has 31 heavy (non-hydrogen) atoms. The van der Waals surface area contributed by atoms with E-state index in [-0.39, 0.29) is 17.6 Å². The van der Waals surface area contributed by atoms with Crippen molar-refractivity contribution < 1.29 is 14.0 Å². The van der Waals surface area contributed by atoms with Crippen LogP contribution in [-0.2, 0) is 4.79 Å². The number of anilines is 2. The van der Waals surface area contributed by atoms with Crippen molar-refractivity contribution in [3.63, 3.8) is 0 Å². The summed E-state index contributed by atoms with van der Waals surface area (Å²) in [6, 6.07) is 19.3. The molecule has 0 unspecified atom stereocenters. The first-order valence-electron chi connectivity index (χ1n) is 9.12. The summed E-state index contributed by atoms with van der Waals surface area (Å²) in [5.74, 6) is -1.06. The van der Waals surface area contributed by atoms with E-state index in [1.54, 1.807) is 36.4 Å². The molecule has 4 nitrogen and oxygen atoms in total. The average Bonchev–Trinajstić information content (AvgIpc) is 3.04. The summed E-state index contributed by atoms with van der Waals surface area (Å²) in [6.07, 6.45) is 1.70. The van der Waals surface area contributed by atoms with Crippen molar-refractivity contribution in [3.05, 3.63) is 99.7 Å². The Kier molecular flexibility index (Phi) is 6.18. The van der Waals surface area contributed by atoms with E-state index in [0.29, 0.717) is 31.2 Å². The molecule has 4 rings (SSSR count). The summed E-state index contributed by atoms with van der Waals surface area (Å²) >= 11 is 12.8. The number of nitrogens with zero attached hydrogens (tertiary/aromatic N) is 1. The lowest BCUT2D eigenvalue weighted by Crippen LogP contribution is -2.27. The second-order valence-corrected chi connectivity index (χ2v) is 8.63. The number of hydrogen-bond donors (Lipinski definition) is 1. The zero-order chi connectivity index (χ0) is 22.0. The smallest absolute Gasteiger partial charge is 0.270 e. The second-order valence-electron chi connectivity index (χ2n) is 6.55. The van der Waals surface area contributed by atoms with Crippen LogP contribution in [0.3, 0.4) is 0 Å². The minimum absolute atomic E-state index is 0.286. The third-order valence-corrected chi connectivity index (χ3v) is 6.10. The molecule has 0 aliphatic carbocycles. The maximum atomic E-state index is 13.1. The average molecular weight is 469 g/mol. The number of thioether (sulfide) groups is 1. The predicted octanol–water partition coefficient (Wildman–Crippen LogP) is 6.14. The Morgan fingerprint density at radius 1 is 1.06 bits per heavy atom. The molecule has 0 aromatic heterocycles. The predicted molar refractivity (Wildman–Crippen MR) is 128 cm³/mol. The van der Waals surface area contributed by atoms with Crippen LogP contribution in [0.1, 0.15) is 15.9 Å². The number of halogens is 2. The molecule has 0 bridgehead atoms. The van der Waals surface area contributed by atoms with Gasteiger partial charge in [0, 0.05) is 16.3 Å². The molecule has 154 valence electrons. The highest BCUT2D eigenvalue weighted by molar-refractivity contribution is 8.27. The number of carbonyl (C=O) groups excluding carboxylic acids is 2. The maximum Gasteiger partial charge on any atom is 0.270 e. The molecule has 8 heteroatoms. The van der Waals surface area contributed by atoms with Crippen molar-refractivity contribution in [1.29, 1.82) is 0 Å². The van der Waals surface area contributed by atoms with Gasteiger partial charge in [0.15, 0.2) is 4.32 Å². The molecular formula is C23H14ClFN2O2S2. The van der Waals surface area contributed by atoms with Gasteiger partial charge in [0.05, 0.1) is 10.6 Å². The Morgan fingerprint density at radius 2 is 1.81 bits per heavy atom. The fourth-order valence-electron chi connectivity index (χ4n) is 2.95. The highest BCUT2D eigenvalue weighted by atomic mass is 35.5. The highest BCUT2D eigenvalue weighted by Gasteiger charge is 2.33. The van der Waals surface area contributed by atoms with E-state index < -0.39 is 0 Å². The van der Waals surface area contributed by atoms with Gasteiger partial charge in [-0.3, -0.25) is 14.5 Å². The number of carbonyl (C=O) groups is 2. The summed E-state index contributed by atoms with van der Waals surface area (Å²) in [6.45, 7) is 0. The number of amides is 2. The van der Waals surface area contributed by atoms with E-state index >= 15 is 0 Å². The first-order chi connectivity index (χ1) is 14.9. The Balaban J connectivity index is 1.58. The summed E-state index contributed by atoms with van der Waals surface area (Å²) in [5, 5.41) is 3.23. The maximum absolute atomic E-state index is 13.1. The van der Waals surface area contributed by atoms with Crippen LogP contribution in [0, 0.1) is 5.82 Å². The molecule has 1 fully saturated rings. The standard InChI is InChI=1S/C23H14ClFN2O2S2/c24-19-7-2-1-4-14(19)13-20-22(29)27(23(30)31-20)18-6-3-5-15(12-18)21(28)26-17-10-8-16(25)9-11-17/h1-13H,(H,26,28)/b20-13+. The van der Waals surface area contributed by atoms with Crippen LogP contribution in [-0.4, -0.2) is 16.1 Å². The van der Waals surface area contributed by atoms with Crippen LogP contribution in [0.2, 0.25) is 5.02 Å². The van der Waals surface area contributed by atoms with Crippen LogP contribution < -0.4 is 10.2 Å². The van der Waals surface area contributed by atoms with Gasteiger partial charge in [-0.1, -0.05) is 59.8 Å². The molecule has 1 aliphatic heterocycles. The van der Waals surface area contributed by atoms with E-state index in [0.717, 1.165) is 5.56 Å². The summed E-state index contributed by atoms with van der Waals surface area (Å²) in [7, 11) is 0. The zero-order valence-corrected chi connectivity index (χ0v) is 18.2. The van der Waals surface area contributed by atoms with Crippen molar-refractivity contribution in [3.8, 4) is 0 Å². The molecule has 0 radical (unpaired) electrons. The highest BCUT2D eigenvalue weighted by Crippen LogP contribution is 2.37. The number of nitrogens with one attached hydrogen (secondary N) is 1. The van der Waals surface area contributed by atoms with E-state index in [4.69, 9.17) is 23.8 Å². The molecule has 0 saturated carbocycles. The molecule has 0 atom stereocenters. The third kappa shape index (κ3) is 4.69. The van der Waals surface area contributed by atoms with Crippen molar-refractivity contribution in [2.24, 2.45) is 0 Å². The molecule has 3 aromatic carbocycles. The van der Waals surface area contributed by atoms with Crippen molar-refractivity contribution in [2.45, 2.75) is 0 Å². The van der Waals surface area contributed by atoms with Crippen LogP contribution in [0.25, 0.3) is 6.08 Å². The minimum Gasteiger partial charge on any atom is -0.322 e. The van der Waals surface area contributed by atoms with E-state index in [1.807, 2.05) is 18.2 Å². The first kappa shape index (κ1) is 21.2. The zero-order valence-electron chi connectivity index (χ0n) is 15.8. The monoisotopic (exact) mass is 468 g/mol. The fraction of sp³-hybridized carbons (Fsp3) is 0. The second kappa shape index (κ2) is 9.01. The van der Waals surface area contributed by atoms with Crippen LogP contribution in [0.15, 0.2) is 77.7 Å². The molecule has 1 N–H and O–H groups in total. The van der Waals surface area contributed by atoms with Gasteiger partial charge >= 0.3 is 0 Å². The minimum atomic E-state index is -0.390. The number of benzene rings is 3. The Hall–Kier alpha value is -3.00. The van der Waals surface area contributed by atoms with Crippen molar-refractivity contribution in [1.82, 2.24) is 0 Å². The van der Waals surface area contributed by atoms with E-state index in [1.165, 1.54) is 40.9 Å². The molecular weight excluding hydrogens is 455 g/mol. The van der Waals surface area contributed by atoms with Gasteiger partial charge in [-0.2, -0.15) is 0 Å². The Bertz CT molecular complexity index is 1230. The molecule has 0 spiro atoms. The van der Waals surface area contributed by atoms with Crippen LogP contribution in [0.4, 0.5) is 15.8 Å². The van der Waals surface area contributed by atoms with Crippen molar-refractivity contribution in [2.75, 3.05) is 10.2 Å². The lowest BCUT2D eigenvalue weighted by atomic mass is 10.1. The lowest BCUT2D eigenvalue weighted by Gasteiger charge is -2.15. The van der Waals surface area contributed by atoms with Gasteiger partial charge < -0.3 is 5.32 Å². The van der Waals surface area contributed by atoms with E-state index in [2.05, 4.69) is 5.32 Å². The molecule has 2 amide bonds. The van der Waals surface area contributed by atoms with Crippen molar-refractivity contribution >= 4 is 69.2 Å². The van der Waals surface area contributed by atoms with Gasteiger partial charge in [0.2, 0.25) is 0 Å². The van der Waals surface area contributed by atoms with Gasteiger partial charge in [-0.25, -0.2) is 4.39 Å². The molecule has 1 saturated heterocycles. The van der Waals surface area contributed by atoms with E-state index in [9.17, 15) is 14.0 Å². The van der Waals surface area contributed by atoms with Crippen LogP contribution >= 0.6 is 35.6 Å². The fourth-order valence-corrected chi connectivity index (χ4v) is 4.43. The molecule has 1 aliphatic rings. The first-order valence-corrected chi connectivity index (χ1v) is 10.7. The molecule has 3 aromatic rings. The number of rotatable bonds is 4. The van der Waals surface area contributed by atoms with Gasteiger partial charge in [0.25, 0.3) is 11.8 Å². The molecule has 1 heterocycles. The Morgan fingerprint density at radius 3 is 2.55 bits per heavy atom.